The van der Waals surface area contributed by atoms with Gasteiger partial charge in [-0.3, -0.25) is 4.79 Å². The van der Waals surface area contributed by atoms with Crippen molar-refractivity contribution in [3.05, 3.63) is 65.6 Å². The second-order valence-electron chi connectivity index (χ2n) is 5.86. The summed E-state index contributed by atoms with van der Waals surface area (Å²) < 4.78 is 20.8. The first-order valence-electron chi connectivity index (χ1n) is 7.94. The molecule has 25 heavy (non-hydrogen) atoms. The number of para-hydroxylation sites is 1. The standard InChI is InChI=1S/C19H18ClFN2O2/c1-13(12-25-18-5-3-2-4-16(18)21)22-19(24)11-23-9-8-14-6-7-15(20)10-17(14)23/h2-10,13H,11-12H2,1H3,(H,22,24). The molecule has 0 spiro atoms. The lowest BCUT2D eigenvalue weighted by Crippen LogP contribution is -2.38. The van der Waals surface area contributed by atoms with E-state index in [0.717, 1.165) is 10.9 Å². The van der Waals surface area contributed by atoms with Crippen molar-refractivity contribution < 1.29 is 13.9 Å². The summed E-state index contributed by atoms with van der Waals surface area (Å²) >= 11 is 6.02. The molecule has 2 aromatic carbocycles. The summed E-state index contributed by atoms with van der Waals surface area (Å²) in [6.45, 7) is 2.17. The summed E-state index contributed by atoms with van der Waals surface area (Å²) in [4.78, 5) is 12.2. The quantitative estimate of drug-likeness (QED) is 0.721. The van der Waals surface area contributed by atoms with E-state index in [2.05, 4.69) is 5.32 Å². The maximum absolute atomic E-state index is 13.5. The highest BCUT2D eigenvalue weighted by Gasteiger charge is 2.11. The molecule has 0 radical (unpaired) electrons. The normalized spacial score (nSPS) is 12.1. The largest absolute Gasteiger partial charge is 0.488 e. The van der Waals surface area contributed by atoms with Crippen LogP contribution in [0, 0.1) is 5.82 Å². The smallest absolute Gasteiger partial charge is 0.240 e. The number of halogens is 2. The van der Waals surface area contributed by atoms with Crippen molar-refractivity contribution in [2.45, 2.75) is 19.5 Å². The third-order valence-electron chi connectivity index (χ3n) is 3.78. The number of amides is 1. The Hall–Kier alpha value is -2.53. The minimum atomic E-state index is -0.420. The van der Waals surface area contributed by atoms with Gasteiger partial charge in [0.05, 0.1) is 6.04 Å². The first kappa shape index (κ1) is 17.3. The summed E-state index contributed by atoms with van der Waals surface area (Å²) in [5.41, 5.74) is 0.901. The number of hydrogen-bond donors (Lipinski definition) is 1. The van der Waals surface area contributed by atoms with E-state index in [-0.39, 0.29) is 30.9 Å². The highest BCUT2D eigenvalue weighted by atomic mass is 35.5. The monoisotopic (exact) mass is 360 g/mol. The molecule has 0 saturated heterocycles. The number of benzene rings is 2. The minimum Gasteiger partial charge on any atom is -0.488 e. The molecule has 1 N–H and O–H groups in total. The predicted octanol–water partition coefficient (Wildman–Crippen LogP) is 4.02. The molecule has 1 aromatic heterocycles. The average molecular weight is 361 g/mol. The molecule has 1 atom stereocenters. The van der Waals surface area contributed by atoms with E-state index in [1.54, 1.807) is 18.2 Å². The molecule has 1 unspecified atom stereocenters. The van der Waals surface area contributed by atoms with Crippen LogP contribution in [0.1, 0.15) is 6.92 Å². The van der Waals surface area contributed by atoms with Crippen molar-refractivity contribution in [2.24, 2.45) is 0 Å². The second kappa shape index (κ2) is 7.57. The summed E-state index contributed by atoms with van der Waals surface area (Å²) in [6, 6.07) is 13.4. The fourth-order valence-electron chi connectivity index (χ4n) is 2.59. The lowest BCUT2D eigenvalue weighted by Gasteiger charge is -2.16. The number of aromatic nitrogens is 1. The van der Waals surface area contributed by atoms with Crippen LogP contribution in [0.5, 0.6) is 5.75 Å². The Labute approximate surface area is 150 Å². The highest BCUT2D eigenvalue weighted by molar-refractivity contribution is 6.31. The molecule has 0 saturated carbocycles. The van der Waals surface area contributed by atoms with Crippen LogP contribution < -0.4 is 10.1 Å². The average Bonchev–Trinajstić information content (AvgIpc) is 2.96. The molecule has 0 aliphatic carbocycles. The number of ether oxygens (including phenoxy) is 1. The van der Waals surface area contributed by atoms with Gasteiger partial charge in [0.25, 0.3) is 0 Å². The van der Waals surface area contributed by atoms with Gasteiger partial charge < -0.3 is 14.6 Å². The SMILES string of the molecule is CC(COc1ccccc1F)NC(=O)Cn1ccc2ccc(Cl)cc21. The molecule has 4 nitrogen and oxygen atoms in total. The van der Waals surface area contributed by atoms with E-state index in [9.17, 15) is 9.18 Å². The molecule has 6 heteroatoms. The van der Waals surface area contributed by atoms with Gasteiger partial charge in [-0.15, -0.1) is 0 Å². The zero-order chi connectivity index (χ0) is 17.8. The number of hydrogen-bond acceptors (Lipinski definition) is 2. The van der Waals surface area contributed by atoms with E-state index < -0.39 is 5.82 Å². The van der Waals surface area contributed by atoms with Crippen LogP contribution in [0.2, 0.25) is 5.02 Å². The highest BCUT2D eigenvalue weighted by Crippen LogP contribution is 2.20. The summed E-state index contributed by atoms with van der Waals surface area (Å²) in [5.74, 6) is -0.395. The van der Waals surface area contributed by atoms with Gasteiger partial charge in [-0.05, 0) is 42.6 Å². The number of carbonyl (C=O) groups excluding carboxylic acids is 1. The van der Waals surface area contributed by atoms with Crippen LogP contribution in [0.25, 0.3) is 10.9 Å². The molecule has 0 fully saturated rings. The van der Waals surface area contributed by atoms with Gasteiger partial charge >= 0.3 is 0 Å². The van der Waals surface area contributed by atoms with Gasteiger partial charge in [0.15, 0.2) is 11.6 Å². The zero-order valence-electron chi connectivity index (χ0n) is 13.7. The zero-order valence-corrected chi connectivity index (χ0v) is 14.5. The first-order chi connectivity index (χ1) is 12.0. The molecule has 3 rings (SSSR count). The van der Waals surface area contributed by atoms with Gasteiger partial charge in [0.1, 0.15) is 13.2 Å². The van der Waals surface area contributed by atoms with Crippen LogP contribution in [-0.4, -0.2) is 23.1 Å². The number of nitrogens with one attached hydrogen (secondary N) is 1. The number of fused-ring (bicyclic) bond motifs is 1. The molecule has 0 bridgehead atoms. The third kappa shape index (κ3) is 4.31. The maximum Gasteiger partial charge on any atom is 0.240 e. The topological polar surface area (TPSA) is 43.3 Å². The lowest BCUT2D eigenvalue weighted by molar-refractivity contribution is -0.122. The van der Waals surface area contributed by atoms with E-state index in [1.165, 1.54) is 6.07 Å². The number of rotatable bonds is 6. The van der Waals surface area contributed by atoms with E-state index in [0.29, 0.717) is 5.02 Å². The molecular weight excluding hydrogens is 343 g/mol. The van der Waals surface area contributed by atoms with Gasteiger partial charge in [0, 0.05) is 16.7 Å². The maximum atomic E-state index is 13.5. The molecule has 0 aliphatic heterocycles. The second-order valence-corrected chi connectivity index (χ2v) is 6.29. The number of nitrogens with zero attached hydrogens (tertiary/aromatic N) is 1. The van der Waals surface area contributed by atoms with Crippen molar-refractivity contribution in [3.63, 3.8) is 0 Å². The Morgan fingerprint density at radius 2 is 2.08 bits per heavy atom. The first-order valence-corrected chi connectivity index (χ1v) is 8.32. The Bertz CT molecular complexity index is 894. The van der Waals surface area contributed by atoms with Crippen molar-refractivity contribution >= 4 is 28.4 Å². The third-order valence-corrected chi connectivity index (χ3v) is 4.02. The van der Waals surface area contributed by atoms with Gasteiger partial charge in [0.2, 0.25) is 5.91 Å². The van der Waals surface area contributed by atoms with Crippen molar-refractivity contribution in [1.82, 2.24) is 9.88 Å². The summed E-state index contributed by atoms with van der Waals surface area (Å²) in [6.07, 6.45) is 1.85. The van der Waals surface area contributed by atoms with Gasteiger partial charge in [-0.25, -0.2) is 4.39 Å². The fourth-order valence-corrected chi connectivity index (χ4v) is 2.75. The van der Waals surface area contributed by atoms with Crippen LogP contribution in [0.4, 0.5) is 4.39 Å². The van der Waals surface area contributed by atoms with E-state index in [1.807, 2.05) is 42.0 Å². The summed E-state index contributed by atoms with van der Waals surface area (Å²) in [5, 5.41) is 4.49. The Kier molecular flexibility index (Phi) is 5.24. The lowest BCUT2D eigenvalue weighted by atomic mass is 10.2. The van der Waals surface area contributed by atoms with Crippen LogP contribution in [-0.2, 0) is 11.3 Å². The van der Waals surface area contributed by atoms with Gasteiger partial charge in [-0.2, -0.15) is 0 Å². The molecule has 1 heterocycles. The van der Waals surface area contributed by atoms with Crippen molar-refractivity contribution in [3.8, 4) is 5.75 Å². The fraction of sp³-hybridized carbons (Fsp3) is 0.211. The Morgan fingerprint density at radius 3 is 2.88 bits per heavy atom. The molecular formula is C19H18ClFN2O2. The number of carbonyl (C=O) groups is 1. The Balaban J connectivity index is 1.56. The van der Waals surface area contributed by atoms with Crippen molar-refractivity contribution in [2.75, 3.05) is 6.61 Å². The molecule has 3 aromatic rings. The summed E-state index contributed by atoms with van der Waals surface area (Å²) in [7, 11) is 0. The van der Waals surface area contributed by atoms with Gasteiger partial charge in [-0.1, -0.05) is 29.8 Å². The van der Waals surface area contributed by atoms with Crippen LogP contribution in [0.3, 0.4) is 0 Å². The van der Waals surface area contributed by atoms with E-state index >= 15 is 0 Å². The Morgan fingerprint density at radius 1 is 1.28 bits per heavy atom. The predicted molar refractivity (Wildman–Crippen MR) is 96.4 cm³/mol. The van der Waals surface area contributed by atoms with Crippen molar-refractivity contribution in [1.29, 1.82) is 0 Å². The van der Waals surface area contributed by atoms with Crippen LogP contribution >= 0.6 is 11.6 Å². The molecule has 0 aliphatic rings. The molecule has 130 valence electrons. The molecule has 1 amide bonds. The minimum absolute atomic E-state index is 0.151. The van der Waals surface area contributed by atoms with Crippen LogP contribution in [0.15, 0.2) is 54.7 Å². The van der Waals surface area contributed by atoms with E-state index in [4.69, 9.17) is 16.3 Å².